The van der Waals surface area contributed by atoms with E-state index in [0.29, 0.717) is 18.8 Å². The number of hydrogen-bond acceptors (Lipinski definition) is 3. The van der Waals surface area contributed by atoms with Gasteiger partial charge in [-0.25, -0.2) is 0 Å². The van der Waals surface area contributed by atoms with Crippen molar-refractivity contribution in [2.45, 2.75) is 13.0 Å². The first-order chi connectivity index (χ1) is 6.27. The number of carbonyl (C=O) groups excluding carboxylic acids is 1. The van der Waals surface area contributed by atoms with Crippen LogP contribution < -0.4 is 5.73 Å². The highest BCUT2D eigenvalue weighted by molar-refractivity contribution is 5.92. The van der Waals surface area contributed by atoms with Gasteiger partial charge in [-0.3, -0.25) is 9.78 Å². The van der Waals surface area contributed by atoms with Crippen molar-refractivity contribution in [1.82, 2.24) is 4.98 Å². The average molecular weight is 178 g/mol. The number of aromatic nitrogens is 1. The van der Waals surface area contributed by atoms with Gasteiger partial charge in [0, 0.05) is 23.9 Å². The summed E-state index contributed by atoms with van der Waals surface area (Å²) in [6, 6.07) is 1.75. The van der Waals surface area contributed by atoms with E-state index in [1.807, 2.05) is 0 Å². The van der Waals surface area contributed by atoms with Gasteiger partial charge < -0.3 is 10.5 Å². The van der Waals surface area contributed by atoms with Gasteiger partial charge in [0.1, 0.15) is 0 Å². The SMILES string of the molecule is NC(=O)c1cnc2c(c1)COCC2. The zero-order valence-electron chi connectivity index (χ0n) is 7.12. The summed E-state index contributed by atoms with van der Waals surface area (Å²) in [7, 11) is 0. The van der Waals surface area contributed by atoms with Crippen molar-refractivity contribution in [1.29, 1.82) is 0 Å². The van der Waals surface area contributed by atoms with Crippen LogP contribution in [0.1, 0.15) is 21.6 Å². The van der Waals surface area contributed by atoms with Gasteiger partial charge >= 0.3 is 0 Å². The van der Waals surface area contributed by atoms with E-state index in [0.717, 1.165) is 17.7 Å². The molecule has 4 nitrogen and oxygen atoms in total. The molecule has 1 aromatic rings. The van der Waals surface area contributed by atoms with Gasteiger partial charge in [-0.2, -0.15) is 0 Å². The molecule has 0 aliphatic carbocycles. The Balaban J connectivity index is 2.40. The van der Waals surface area contributed by atoms with Crippen LogP contribution in [0.25, 0.3) is 0 Å². The van der Waals surface area contributed by atoms with Gasteiger partial charge in [0.15, 0.2) is 0 Å². The van der Waals surface area contributed by atoms with Crippen molar-refractivity contribution in [2.24, 2.45) is 5.73 Å². The van der Waals surface area contributed by atoms with E-state index in [1.54, 1.807) is 6.07 Å². The number of carbonyl (C=O) groups is 1. The van der Waals surface area contributed by atoms with E-state index < -0.39 is 5.91 Å². The lowest BCUT2D eigenvalue weighted by Gasteiger charge is -2.15. The summed E-state index contributed by atoms with van der Waals surface area (Å²) in [6.07, 6.45) is 2.33. The fourth-order valence-corrected chi connectivity index (χ4v) is 1.37. The van der Waals surface area contributed by atoms with Gasteiger partial charge in [0.2, 0.25) is 5.91 Å². The van der Waals surface area contributed by atoms with Crippen LogP contribution in [0.5, 0.6) is 0 Å². The van der Waals surface area contributed by atoms with Crippen molar-refractivity contribution in [3.8, 4) is 0 Å². The number of fused-ring (bicyclic) bond motifs is 1. The monoisotopic (exact) mass is 178 g/mol. The van der Waals surface area contributed by atoms with Crippen LogP contribution in [0, 0.1) is 0 Å². The van der Waals surface area contributed by atoms with Crippen molar-refractivity contribution in [2.75, 3.05) is 6.61 Å². The molecule has 2 N–H and O–H groups in total. The van der Waals surface area contributed by atoms with E-state index in [2.05, 4.69) is 4.98 Å². The highest BCUT2D eigenvalue weighted by Gasteiger charge is 2.12. The first-order valence-corrected chi connectivity index (χ1v) is 4.13. The van der Waals surface area contributed by atoms with Crippen molar-refractivity contribution < 1.29 is 9.53 Å². The minimum absolute atomic E-state index is 0.444. The Kier molecular flexibility index (Phi) is 1.98. The van der Waals surface area contributed by atoms with E-state index in [1.165, 1.54) is 6.20 Å². The quantitative estimate of drug-likeness (QED) is 0.670. The first-order valence-electron chi connectivity index (χ1n) is 4.13. The molecule has 0 spiro atoms. The second kappa shape index (κ2) is 3.14. The highest BCUT2D eigenvalue weighted by Crippen LogP contribution is 2.15. The van der Waals surface area contributed by atoms with E-state index in [-0.39, 0.29) is 0 Å². The van der Waals surface area contributed by atoms with Gasteiger partial charge in [-0.1, -0.05) is 0 Å². The van der Waals surface area contributed by atoms with Crippen LogP contribution in [-0.2, 0) is 17.8 Å². The third kappa shape index (κ3) is 1.53. The molecule has 0 bridgehead atoms. The highest BCUT2D eigenvalue weighted by atomic mass is 16.5. The summed E-state index contributed by atoms with van der Waals surface area (Å²) in [5.41, 5.74) is 7.56. The molecular weight excluding hydrogens is 168 g/mol. The molecule has 0 radical (unpaired) electrons. The van der Waals surface area contributed by atoms with E-state index >= 15 is 0 Å². The summed E-state index contributed by atoms with van der Waals surface area (Å²) in [5.74, 6) is -0.444. The zero-order chi connectivity index (χ0) is 9.26. The molecule has 1 aromatic heterocycles. The van der Waals surface area contributed by atoms with Crippen LogP contribution in [0.3, 0.4) is 0 Å². The molecule has 13 heavy (non-hydrogen) atoms. The lowest BCUT2D eigenvalue weighted by Crippen LogP contribution is -2.16. The molecule has 0 aromatic carbocycles. The molecule has 0 unspecified atom stereocenters. The first kappa shape index (κ1) is 8.19. The van der Waals surface area contributed by atoms with Crippen LogP contribution in [0.4, 0.5) is 0 Å². The Morgan fingerprint density at radius 2 is 2.46 bits per heavy atom. The second-order valence-corrected chi connectivity index (χ2v) is 3.00. The normalized spacial score (nSPS) is 15.1. The fourth-order valence-electron chi connectivity index (χ4n) is 1.37. The van der Waals surface area contributed by atoms with Gasteiger partial charge in [0.25, 0.3) is 0 Å². The summed E-state index contributed by atoms with van der Waals surface area (Å²) in [6.45, 7) is 1.24. The Labute approximate surface area is 75.7 Å². The Morgan fingerprint density at radius 1 is 1.62 bits per heavy atom. The molecule has 1 amide bonds. The molecule has 68 valence electrons. The Morgan fingerprint density at radius 3 is 3.23 bits per heavy atom. The third-order valence-electron chi connectivity index (χ3n) is 2.09. The predicted octanol–water partition coefficient (Wildman–Crippen LogP) is 0.253. The minimum atomic E-state index is -0.444. The Bertz CT molecular complexity index is 349. The lowest BCUT2D eigenvalue weighted by atomic mass is 10.1. The maximum absolute atomic E-state index is 10.8. The average Bonchev–Trinajstić information content (AvgIpc) is 2.17. The number of amides is 1. The van der Waals surface area contributed by atoms with Crippen LogP contribution in [0.15, 0.2) is 12.3 Å². The van der Waals surface area contributed by atoms with E-state index in [4.69, 9.17) is 10.5 Å². The van der Waals surface area contributed by atoms with Gasteiger partial charge in [-0.15, -0.1) is 0 Å². The fraction of sp³-hybridized carbons (Fsp3) is 0.333. The van der Waals surface area contributed by atoms with E-state index in [9.17, 15) is 4.79 Å². The molecule has 0 saturated heterocycles. The summed E-state index contributed by atoms with van der Waals surface area (Å²) < 4.78 is 5.24. The maximum atomic E-state index is 10.8. The minimum Gasteiger partial charge on any atom is -0.376 e. The third-order valence-corrected chi connectivity index (χ3v) is 2.09. The van der Waals surface area contributed by atoms with Gasteiger partial charge in [-0.05, 0) is 6.07 Å². The number of pyridine rings is 1. The largest absolute Gasteiger partial charge is 0.376 e. The smallest absolute Gasteiger partial charge is 0.250 e. The van der Waals surface area contributed by atoms with Crippen LogP contribution >= 0.6 is 0 Å². The van der Waals surface area contributed by atoms with Crippen molar-refractivity contribution in [3.63, 3.8) is 0 Å². The maximum Gasteiger partial charge on any atom is 0.250 e. The van der Waals surface area contributed by atoms with Crippen molar-refractivity contribution in [3.05, 3.63) is 29.1 Å². The molecular formula is C9H10N2O2. The topological polar surface area (TPSA) is 65.2 Å². The summed E-state index contributed by atoms with van der Waals surface area (Å²) >= 11 is 0. The Hall–Kier alpha value is -1.42. The number of hydrogen-bond donors (Lipinski definition) is 1. The molecule has 1 aliphatic heterocycles. The predicted molar refractivity (Wildman–Crippen MR) is 46.1 cm³/mol. The molecule has 2 heterocycles. The number of primary amides is 1. The molecule has 1 aliphatic rings. The number of ether oxygens (including phenoxy) is 1. The molecule has 4 heteroatoms. The standard InChI is InChI=1S/C9H10N2O2/c10-9(12)6-3-7-5-13-2-1-8(7)11-4-6/h3-4H,1-2,5H2,(H2,10,12). The number of rotatable bonds is 1. The van der Waals surface area contributed by atoms with Crippen LogP contribution in [-0.4, -0.2) is 17.5 Å². The lowest BCUT2D eigenvalue weighted by molar-refractivity contribution is 0.0995. The number of nitrogens with two attached hydrogens (primary N) is 1. The van der Waals surface area contributed by atoms with Crippen LogP contribution in [0.2, 0.25) is 0 Å². The zero-order valence-corrected chi connectivity index (χ0v) is 7.12. The van der Waals surface area contributed by atoms with Crippen molar-refractivity contribution >= 4 is 5.91 Å². The molecule has 0 saturated carbocycles. The molecule has 0 atom stereocenters. The van der Waals surface area contributed by atoms with Gasteiger partial charge in [0.05, 0.1) is 18.8 Å². The summed E-state index contributed by atoms with van der Waals surface area (Å²) in [5, 5.41) is 0. The second-order valence-electron chi connectivity index (χ2n) is 3.00. The molecule has 0 fully saturated rings. The number of nitrogens with zero attached hydrogens (tertiary/aromatic N) is 1. The summed E-state index contributed by atoms with van der Waals surface area (Å²) in [4.78, 5) is 15.0. The molecule has 2 rings (SSSR count).